The molecule has 3 rings (SSSR count). The van der Waals surface area contributed by atoms with Crippen molar-refractivity contribution in [1.29, 1.82) is 0 Å². The molecule has 2 aliphatic heterocycles. The number of nitrogens with one attached hydrogen (secondary N) is 1. The van der Waals surface area contributed by atoms with Gasteiger partial charge < -0.3 is 15.0 Å². The molecule has 30 heavy (non-hydrogen) atoms. The molecule has 0 spiro atoms. The number of likely N-dealkylation sites (tertiary alicyclic amines) is 1. The van der Waals surface area contributed by atoms with Crippen LogP contribution < -0.4 is 5.32 Å². The van der Waals surface area contributed by atoms with Crippen molar-refractivity contribution >= 4 is 23.8 Å². The lowest BCUT2D eigenvalue weighted by atomic mass is 10.0. The summed E-state index contributed by atoms with van der Waals surface area (Å²) in [7, 11) is 0. The van der Waals surface area contributed by atoms with Crippen molar-refractivity contribution in [3.05, 3.63) is 47.5 Å². The number of imide groups is 1. The quantitative estimate of drug-likeness (QED) is 0.605. The van der Waals surface area contributed by atoms with Gasteiger partial charge in [0, 0.05) is 30.2 Å². The summed E-state index contributed by atoms with van der Waals surface area (Å²) >= 11 is 0. The number of hydrogen-bond acceptors (Lipinski definition) is 5. The Balaban J connectivity index is 1.65. The van der Waals surface area contributed by atoms with Crippen molar-refractivity contribution < 1.29 is 23.9 Å². The number of ether oxygens (including phenoxy) is 1. The summed E-state index contributed by atoms with van der Waals surface area (Å²) in [6, 6.07) is 4.60. The molecule has 0 radical (unpaired) electrons. The average Bonchev–Trinajstić information content (AvgIpc) is 2.96. The minimum Gasteiger partial charge on any atom is -0.445 e. The number of carbonyl (C=O) groups is 4. The van der Waals surface area contributed by atoms with Crippen LogP contribution in [0.3, 0.4) is 0 Å². The van der Waals surface area contributed by atoms with E-state index in [-0.39, 0.29) is 35.9 Å². The van der Waals surface area contributed by atoms with Gasteiger partial charge in [-0.3, -0.25) is 19.3 Å². The van der Waals surface area contributed by atoms with Gasteiger partial charge in [-0.2, -0.15) is 0 Å². The van der Waals surface area contributed by atoms with E-state index in [1.54, 1.807) is 37.8 Å². The highest BCUT2D eigenvalue weighted by molar-refractivity contribution is 6.22. The minimum absolute atomic E-state index is 0.0640. The van der Waals surface area contributed by atoms with E-state index in [1.165, 1.54) is 17.0 Å². The fourth-order valence-electron chi connectivity index (χ4n) is 3.74. The predicted octanol–water partition coefficient (Wildman–Crippen LogP) is 2.60. The Kier molecular flexibility index (Phi) is 5.96. The fourth-order valence-corrected chi connectivity index (χ4v) is 3.74. The molecular weight excluding hydrogens is 386 g/mol. The number of nitrogens with zero attached hydrogens (tertiary/aromatic N) is 2. The molecule has 8 heteroatoms. The summed E-state index contributed by atoms with van der Waals surface area (Å²) in [5.41, 5.74) is 0.330. The molecule has 1 aromatic carbocycles. The number of benzene rings is 1. The Morgan fingerprint density at radius 1 is 1.17 bits per heavy atom. The Bertz CT molecular complexity index is 895. The second kappa shape index (κ2) is 8.30. The van der Waals surface area contributed by atoms with Crippen LogP contribution in [0.4, 0.5) is 4.79 Å². The van der Waals surface area contributed by atoms with Gasteiger partial charge in [-0.1, -0.05) is 12.7 Å². The van der Waals surface area contributed by atoms with E-state index in [2.05, 4.69) is 11.9 Å². The highest BCUT2D eigenvalue weighted by Gasteiger charge is 2.42. The third kappa shape index (κ3) is 4.22. The van der Waals surface area contributed by atoms with Crippen LogP contribution in [-0.2, 0) is 4.74 Å². The molecule has 1 N–H and O–H groups in total. The SMILES string of the molecule is C=CCOC(=O)NC1CCN(C(=O)c2ccc3c(c2)C(=O)N(C(C)(C)C)C3=O)CC1. The number of carbonyl (C=O) groups excluding carboxylic acids is 4. The van der Waals surface area contributed by atoms with Crippen LogP contribution in [0.15, 0.2) is 30.9 Å². The molecule has 1 saturated heterocycles. The maximum absolute atomic E-state index is 12.9. The summed E-state index contributed by atoms with van der Waals surface area (Å²) in [4.78, 5) is 52.8. The monoisotopic (exact) mass is 413 g/mol. The molecule has 8 nitrogen and oxygen atoms in total. The molecule has 0 atom stereocenters. The molecule has 1 fully saturated rings. The van der Waals surface area contributed by atoms with Crippen LogP contribution in [0.25, 0.3) is 0 Å². The maximum Gasteiger partial charge on any atom is 0.407 e. The lowest BCUT2D eigenvalue weighted by Crippen LogP contribution is -2.46. The maximum atomic E-state index is 12.9. The van der Waals surface area contributed by atoms with Crippen LogP contribution in [-0.4, -0.2) is 64.9 Å². The second-order valence-electron chi connectivity index (χ2n) is 8.47. The first kappa shape index (κ1) is 21.5. The van der Waals surface area contributed by atoms with Gasteiger partial charge in [0.1, 0.15) is 6.61 Å². The minimum atomic E-state index is -0.640. The summed E-state index contributed by atoms with van der Waals surface area (Å²) in [6.07, 6.45) is 2.21. The summed E-state index contributed by atoms with van der Waals surface area (Å²) in [5, 5.41) is 2.78. The van der Waals surface area contributed by atoms with Crippen LogP contribution in [0, 0.1) is 0 Å². The smallest absolute Gasteiger partial charge is 0.407 e. The van der Waals surface area contributed by atoms with E-state index >= 15 is 0 Å². The predicted molar refractivity (Wildman–Crippen MR) is 110 cm³/mol. The topological polar surface area (TPSA) is 96.0 Å². The molecule has 0 aliphatic carbocycles. The highest BCUT2D eigenvalue weighted by atomic mass is 16.5. The fraction of sp³-hybridized carbons (Fsp3) is 0.455. The molecule has 2 aliphatic rings. The molecule has 4 amide bonds. The van der Waals surface area contributed by atoms with Crippen LogP contribution in [0.2, 0.25) is 0 Å². The molecule has 0 unspecified atom stereocenters. The van der Waals surface area contributed by atoms with Crippen molar-refractivity contribution in [1.82, 2.24) is 15.1 Å². The number of amides is 4. The van der Waals surface area contributed by atoms with Gasteiger partial charge >= 0.3 is 6.09 Å². The van der Waals surface area contributed by atoms with Crippen molar-refractivity contribution in [2.24, 2.45) is 0 Å². The average molecular weight is 413 g/mol. The molecule has 0 saturated carbocycles. The molecule has 2 heterocycles. The normalized spacial score (nSPS) is 17.0. The van der Waals surface area contributed by atoms with E-state index in [4.69, 9.17) is 4.74 Å². The standard InChI is InChI=1S/C22H27N3O5/c1-5-12-30-21(29)23-15-8-10-24(11-9-15)18(26)14-6-7-16-17(13-14)20(28)25(19(16)27)22(2,3)4/h5-7,13,15H,1,8-12H2,2-4H3,(H,23,29). The van der Waals surface area contributed by atoms with Crippen molar-refractivity contribution in [3.63, 3.8) is 0 Å². The van der Waals surface area contributed by atoms with Gasteiger partial charge in [-0.15, -0.1) is 0 Å². The molecule has 0 bridgehead atoms. The first-order valence-corrected chi connectivity index (χ1v) is 10.00. The Labute approximate surface area is 175 Å². The van der Waals surface area contributed by atoms with Gasteiger partial charge in [0.25, 0.3) is 17.7 Å². The lowest BCUT2D eigenvalue weighted by Gasteiger charge is -2.32. The van der Waals surface area contributed by atoms with E-state index in [9.17, 15) is 19.2 Å². The third-order valence-electron chi connectivity index (χ3n) is 5.24. The van der Waals surface area contributed by atoms with Gasteiger partial charge in [0.15, 0.2) is 0 Å². The number of fused-ring (bicyclic) bond motifs is 1. The number of piperidine rings is 1. The molecule has 1 aromatic rings. The Morgan fingerprint density at radius 3 is 2.40 bits per heavy atom. The second-order valence-corrected chi connectivity index (χ2v) is 8.47. The van der Waals surface area contributed by atoms with E-state index in [0.29, 0.717) is 37.1 Å². The van der Waals surface area contributed by atoms with Gasteiger partial charge in [-0.25, -0.2) is 4.79 Å². The van der Waals surface area contributed by atoms with E-state index in [0.717, 1.165) is 0 Å². The largest absolute Gasteiger partial charge is 0.445 e. The number of rotatable bonds is 4. The first-order chi connectivity index (χ1) is 14.1. The number of alkyl carbamates (subject to hydrolysis) is 1. The summed E-state index contributed by atoms with van der Waals surface area (Å²) in [6.45, 7) is 9.98. The zero-order valence-electron chi connectivity index (χ0n) is 17.6. The van der Waals surface area contributed by atoms with Crippen LogP contribution >= 0.6 is 0 Å². The summed E-state index contributed by atoms with van der Waals surface area (Å²) in [5.74, 6) is -0.908. The van der Waals surface area contributed by atoms with Gasteiger partial charge in [-0.05, 0) is 51.8 Å². The van der Waals surface area contributed by atoms with Crippen LogP contribution in [0.1, 0.15) is 64.7 Å². The lowest BCUT2D eigenvalue weighted by molar-refractivity contribution is 0.0507. The number of hydrogen-bond donors (Lipinski definition) is 1. The summed E-state index contributed by atoms with van der Waals surface area (Å²) < 4.78 is 4.92. The van der Waals surface area contributed by atoms with E-state index in [1.807, 2.05) is 0 Å². The highest BCUT2D eigenvalue weighted by Crippen LogP contribution is 2.30. The molecule has 0 aromatic heterocycles. The van der Waals surface area contributed by atoms with Gasteiger partial charge in [0.05, 0.1) is 11.1 Å². The Morgan fingerprint density at radius 2 is 1.80 bits per heavy atom. The van der Waals surface area contributed by atoms with Crippen molar-refractivity contribution in [2.45, 2.75) is 45.2 Å². The molecule has 160 valence electrons. The zero-order chi connectivity index (χ0) is 22.1. The third-order valence-corrected chi connectivity index (χ3v) is 5.24. The Hall–Kier alpha value is -3.16. The van der Waals surface area contributed by atoms with Crippen LogP contribution in [0.5, 0.6) is 0 Å². The van der Waals surface area contributed by atoms with Crippen molar-refractivity contribution in [3.8, 4) is 0 Å². The first-order valence-electron chi connectivity index (χ1n) is 10.00. The molecular formula is C22H27N3O5. The zero-order valence-corrected chi connectivity index (χ0v) is 17.6. The van der Waals surface area contributed by atoms with E-state index < -0.39 is 11.6 Å². The van der Waals surface area contributed by atoms with Gasteiger partial charge in [0.2, 0.25) is 0 Å². The van der Waals surface area contributed by atoms with Crippen molar-refractivity contribution in [2.75, 3.05) is 19.7 Å².